The highest BCUT2D eigenvalue weighted by molar-refractivity contribution is 5.98. The average molecular weight is 331 g/mol. The Kier molecular flexibility index (Phi) is 4.63. The van der Waals surface area contributed by atoms with Crippen molar-refractivity contribution >= 4 is 11.6 Å². The molecular formula is C19H25NO4. The Morgan fingerprint density at radius 1 is 1.38 bits per heavy atom. The first-order valence-corrected chi connectivity index (χ1v) is 8.62. The van der Waals surface area contributed by atoms with Gasteiger partial charge < -0.3 is 14.7 Å². The fourth-order valence-corrected chi connectivity index (χ4v) is 3.62. The topological polar surface area (TPSA) is 66.8 Å². The van der Waals surface area contributed by atoms with Crippen LogP contribution in [0.2, 0.25) is 0 Å². The molecule has 2 heterocycles. The molecule has 24 heavy (non-hydrogen) atoms. The van der Waals surface area contributed by atoms with Gasteiger partial charge in [-0.05, 0) is 37.8 Å². The molecule has 5 heteroatoms. The van der Waals surface area contributed by atoms with Crippen LogP contribution < -0.4 is 4.74 Å². The molecule has 0 aliphatic carbocycles. The largest absolute Gasteiger partial charge is 0.507 e. The van der Waals surface area contributed by atoms with Crippen molar-refractivity contribution in [2.24, 2.45) is 11.8 Å². The van der Waals surface area contributed by atoms with E-state index in [-0.39, 0.29) is 30.3 Å². The number of carbonyl (C=O) groups excluding carboxylic acids is 2. The van der Waals surface area contributed by atoms with E-state index >= 15 is 0 Å². The Labute approximate surface area is 142 Å². The van der Waals surface area contributed by atoms with Crippen molar-refractivity contribution in [2.45, 2.75) is 39.7 Å². The third kappa shape index (κ3) is 3.31. The van der Waals surface area contributed by atoms with Crippen LogP contribution in [-0.2, 0) is 11.2 Å². The number of carbonyl (C=O) groups is 2. The van der Waals surface area contributed by atoms with Gasteiger partial charge >= 0.3 is 0 Å². The van der Waals surface area contributed by atoms with Crippen molar-refractivity contribution in [1.82, 2.24) is 4.90 Å². The van der Waals surface area contributed by atoms with Crippen LogP contribution in [0.4, 0.5) is 0 Å². The second-order valence-corrected chi connectivity index (χ2v) is 7.39. The highest BCUT2D eigenvalue weighted by Gasteiger charge is 2.33. The Balaban J connectivity index is 1.74. The van der Waals surface area contributed by atoms with Gasteiger partial charge in [-0.1, -0.05) is 6.92 Å². The number of phenolic OH excluding ortho intramolecular Hbond substituents is 1. The number of hydrogen-bond donors (Lipinski definition) is 1. The molecule has 1 saturated heterocycles. The summed E-state index contributed by atoms with van der Waals surface area (Å²) < 4.78 is 5.38. The van der Waals surface area contributed by atoms with E-state index in [1.54, 1.807) is 6.07 Å². The number of phenols is 1. The lowest BCUT2D eigenvalue weighted by Crippen LogP contribution is -2.28. The molecule has 0 aromatic heterocycles. The third-order valence-electron chi connectivity index (χ3n) is 5.24. The van der Waals surface area contributed by atoms with Gasteiger partial charge in [0.25, 0.3) is 0 Å². The molecular weight excluding hydrogens is 306 g/mol. The smallest absolute Gasteiger partial charge is 0.174 e. The zero-order valence-corrected chi connectivity index (χ0v) is 14.5. The molecule has 0 saturated carbocycles. The minimum atomic E-state index is -0.0644. The Hall–Kier alpha value is -1.88. The molecule has 1 aromatic rings. The molecule has 2 aliphatic heterocycles. The zero-order chi connectivity index (χ0) is 17.4. The molecule has 1 N–H and O–H groups in total. The molecule has 2 atom stereocenters. The van der Waals surface area contributed by atoms with Gasteiger partial charge in [-0.3, -0.25) is 9.59 Å². The predicted molar refractivity (Wildman–Crippen MR) is 90.6 cm³/mol. The molecule has 0 unspecified atom stereocenters. The molecule has 5 nitrogen and oxygen atoms in total. The Morgan fingerprint density at radius 2 is 2.12 bits per heavy atom. The SMILES string of the molecule is CC(C)N1C[C@@H](CC(=O)c2cc(O)c3c(c2)OCC(=O)C3)[C@@H](C)C1. The second kappa shape index (κ2) is 6.55. The average Bonchev–Trinajstić information content (AvgIpc) is 2.89. The predicted octanol–water partition coefficient (Wildman–Crippen LogP) is 2.45. The van der Waals surface area contributed by atoms with Gasteiger partial charge in [0.15, 0.2) is 11.6 Å². The first-order valence-electron chi connectivity index (χ1n) is 8.62. The van der Waals surface area contributed by atoms with Crippen molar-refractivity contribution in [3.8, 4) is 11.5 Å². The van der Waals surface area contributed by atoms with Crippen LogP contribution in [0, 0.1) is 11.8 Å². The number of hydrogen-bond acceptors (Lipinski definition) is 5. The number of Topliss-reactive ketones (excluding diaryl/α,β-unsaturated/α-hetero) is 2. The summed E-state index contributed by atoms with van der Waals surface area (Å²) in [7, 11) is 0. The number of ketones is 2. The number of likely N-dealkylation sites (tertiary alicyclic amines) is 1. The van der Waals surface area contributed by atoms with E-state index in [9.17, 15) is 14.7 Å². The van der Waals surface area contributed by atoms with Crippen LogP contribution in [0.3, 0.4) is 0 Å². The monoisotopic (exact) mass is 331 g/mol. The van der Waals surface area contributed by atoms with Crippen molar-refractivity contribution in [2.75, 3.05) is 19.7 Å². The number of fused-ring (bicyclic) bond motifs is 1. The van der Waals surface area contributed by atoms with Crippen molar-refractivity contribution in [3.63, 3.8) is 0 Å². The van der Waals surface area contributed by atoms with E-state index < -0.39 is 0 Å². The lowest BCUT2D eigenvalue weighted by Gasteiger charge is -2.20. The van der Waals surface area contributed by atoms with Crippen molar-refractivity contribution in [3.05, 3.63) is 23.3 Å². The summed E-state index contributed by atoms with van der Waals surface area (Å²) in [6, 6.07) is 3.64. The van der Waals surface area contributed by atoms with Gasteiger partial charge in [-0.2, -0.15) is 0 Å². The maximum absolute atomic E-state index is 12.7. The molecule has 3 rings (SSSR count). The fourth-order valence-electron chi connectivity index (χ4n) is 3.62. The van der Waals surface area contributed by atoms with E-state index in [2.05, 4.69) is 25.7 Å². The molecule has 0 spiro atoms. The van der Waals surface area contributed by atoms with E-state index in [4.69, 9.17) is 4.74 Å². The van der Waals surface area contributed by atoms with Gasteiger partial charge in [-0.15, -0.1) is 0 Å². The summed E-state index contributed by atoms with van der Waals surface area (Å²) in [5, 5.41) is 10.1. The number of aromatic hydroxyl groups is 1. The van der Waals surface area contributed by atoms with E-state index in [1.807, 2.05) is 0 Å². The van der Waals surface area contributed by atoms with Crippen LogP contribution in [0.1, 0.15) is 43.1 Å². The number of nitrogens with zero attached hydrogens (tertiary/aromatic N) is 1. The highest BCUT2D eigenvalue weighted by Crippen LogP contribution is 2.34. The summed E-state index contributed by atoms with van der Waals surface area (Å²) in [5.41, 5.74) is 0.957. The first kappa shape index (κ1) is 17.0. The van der Waals surface area contributed by atoms with E-state index in [0.717, 1.165) is 13.1 Å². The lowest BCUT2D eigenvalue weighted by molar-refractivity contribution is -0.121. The van der Waals surface area contributed by atoms with Crippen molar-refractivity contribution < 1.29 is 19.4 Å². The van der Waals surface area contributed by atoms with Crippen LogP contribution >= 0.6 is 0 Å². The standard InChI is InChI=1S/C19H25NO4/c1-11(2)20-8-12(3)14(9-20)5-17(22)13-4-18(23)16-7-15(21)10-24-19(16)6-13/h4,6,11-12,14,23H,5,7-10H2,1-3H3/t12-,14+/m0/s1. The fraction of sp³-hybridized carbons (Fsp3) is 0.579. The summed E-state index contributed by atoms with van der Waals surface area (Å²) >= 11 is 0. The molecule has 130 valence electrons. The molecule has 0 bridgehead atoms. The zero-order valence-electron chi connectivity index (χ0n) is 14.5. The number of ether oxygens (including phenoxy) is 1. The number of benzene rings is 1. The van der Waals surface area contributed by atoms with Crippen LogP contribution in [0.25, 0.3) is 0 Å². The van der Waals surface area contributed by atoms with Crippen LogP contribution in [0.5, 0.6) is 11.5 Å². The van der Waals surface area contributed by atoms with Gasteiger partial charge in [0.2, 0.25) is 0 Å². The summed E-state index contributed by atoms with van der Waals surface area (Å²) in [4.78, 5) is 26.5. The molecule has 0 amide bonds. The van der Waals surface area contributed by atoms with Crippen molar-refractivity contribution in [1.29, 1.82) is 0 Å². The molecule has 0 radical (unpaired) electrons. The Bertz CT molecular complexity index is 668. The van der Waals surface area contributed by atoms with E-state index in [1.165, 1.54) is 6.07 Å². The molecule has 1 aromatic carbocycles. The van der Waals surface area contributed by atoms with Crippen LogP contribution in [-0.4, -0.2) is 47.3 Å². The van der Waals surface area contributed by atoms with Gasteiger partial charge in [0.05, 0.1) is 0 Å². The Morgan fingerprint density at radius 3 is 2.79 bits per heavy atom. The van der Waals surface area contributed by atoms with E-state index in [0.29, 0.717) is 41.2 Å². The van der Waals surface area contributed by atoms with Gasteiger partial charge in [0, 0.05) is 43.1 Å². The normalized spacial score (nSPS) is 24.1. The van der Waals surface area contributed by atoms with Crippen LogP contribution in [0.15, 0.2) is 12.1 Å². The minimum Gasteiger partial charge on any atom is -0.507 e. The summed E-state index contributed by atoms with van der Waals surface area (Å²) in [5.74, 6) is 1.21. The maximum atomic E-state index is 12.7. The minimum absolute atomic E-state index is 0.00704. The third-order valence-corrected chi connectivity index (χ3v) is 5.24. The highest BCUT2D eigenvalue weighted by atomic mass is 16.5. The quantitative estimate of drug-likeness (QED) is 0.859. The van der Waals surface area contributed by atoms with Gasteiger partial charge in [-0.25, -0.2) is 0 Å². The second-order valence-electron chi connectivity index (χ2n) is 7.39. The molecule has 2 aliphatic rings. The first-order chi connectivity index (χ1) is 11.3. The maximum Gasteiger partial charge on any atom is 0.174 e. The lowest BCUT2D eigenvalue weighted by atomic mass is 9.90. The summed E-state index contributed by atoms with van der Waals surface area (Å²) in [6.45, 7) is 8.52. The molecule has 1 fully saturated rings. The number of rotatable bonds is 4. The summed E-state index contributed by atoms with van der Waals surface area (Å²) in [6.07, 6.45) is 0.639. The van der Waals surface area contributed by atoms with Gasteiger partial charge in [0.1, 0.15) is 18.1 Å².